The van der Waals surface area contributed by atoms with Gasteiger partial charge in [-0.25, -0.2) is 9.78 Å². The van der Waals surface area contributed by atoms with Gasteiger partial charge in [-0.3, -0.25) is 9.59 Å². The third kappa shape index (κ3) is 4.89. The average Bonchev–Trinajstić information content (AvgIpc) is 2.59. The molecule has 0 fully saturated rings. The van der Waals surface area contributed by atoms with Crippen LogP contribution in [0.3, 0.4) is 0 Å². The van der Waals surface area contributed by atoms with E-state index in [4.69, 9.17) is 0 Å². The number of nitrogens with one attached hydrogen (secondary N) is 2. The predicted molar refractivity (Wildman–Crippen MR) is 94.3 cm³/mol. The van der Waals surface area contributed by atoms with Crippen molar-refractivity contribution in [2.24, 2.45) is 5.92 Å². The first-order valence-corrected chi connectivity index (χ1v) is 8.42. The van der Waals surface area contributed by atoms with E-state index in [-0.39, 0.29) is 23.8 Å². The molecule has 3 N–H and O–H groups in total. The Kier molecular flexibility index (Phi) is 6.27. The summed E-state index contributed by atoms with van der Waals surface area (Å²) in [6, 6.07) is 6.19. The maximum atomic E-state index is 12.0. The summed E-state index contributed by atoms with van der Waals surface area (Å²) in [5.41, 5.74) is 0.418. The Labute approximate surface area is 145 Å². The molecule has 0 aliphatic heterocycles. The number of nitrogens with zero attached hydrogens (tertiary/aromatic N) is 1. The van der Waals surface area contributed by atoms with Crippen molar-refractivity contribution in [2.75, 3.05) is 0 Å². The number of aliphatic carboxylic acids is 1. The van der Waals surface area contributed by atoms with Gasteiger partial charge in [0.05, 0.1) is 10.9 Å². The molecule has 0 spiro atoms. The number of fused-ring (bicyclic) bond motifs is 1. The van der Waals surface area contributed by atoms with Gasteiger partial charge in [-0.2, -0.15) is 0 Å². The Morgan fingerprint density at radius 3 is 2.72 bits per heavy atom. The van der Waals surface area contributed by atoms with Crippen LogP contribution in [0.1, 0.15) is 38.9 Å². The molecule has 25 heavy (non-hydrogen) atoms. The molecule has 1 heterocycles. The third-order valence-corrected chi connectivity index (χ3v) is 4.27. The largest absolute Gasteiger partial charge is 0.480 e. The van der Waals surface area contributed by atoms with Crippen molar-refractivity contribution in [1.82, 2.24) is 15.3 Å². The van der Waals surface area contributed by atoms with E-state index in [9.17, 15) is 19.5 Å². The summed E-state index contributed by atoms with van der Waals surface area (Å²) >= 11 is 0. The number of rotatable bonds is 8. The first kappa shape index (κ1) is 18.6. The summed E-state index contributed by atoms with van der Waals surface area (Å²) in [7, 11) is 0. The molecule has 2 rings (SSSR count). The van der Waals surface area contributed by atoms with E-state index in [2.05, 4.69) is 15.3 Å². The molecular formula is C18H23N3O4. The number of amides is 1. The minimum absolute atomic E-state index is 0.139. The molecule has 2 unspecified atom stereocenters. The van der Waals surface area contributed by atoms with Gasteiger partial charge in [0.25, 0.3) is 5.56 Å². The van der Waals surface area contributed by atoms with Crippen molar-refractivity contribution >= 4 is 22.8 Å². The van der Waals surface area contributed by atoms with E-state index in [0.717, 1.165) is 0 Å². The predicted octanol–water partition coefficient (Wildman–Crippen LogP) is 1.86. The maximum absolute atomic E-state index is 12.0. The summed E-state index contributed by atoms with van der Waals surface area (Å²) < 4.78 is 0. The lowest BCUT2D eigenvalue weighted by Crippen LogP contribution is -2.44. The molecule has 0 saturated heterocycles. The molecule has 0 saturated carbocycles. The van der Waals surface area contributed by atoms with Crippen LogP contribution in [-0.2, 0) is 16.0 Å². The highest BCUT2D eigenvalue weighted by Crippen LogP contribution is 2.10. The molecule has 2 atom stereocenters. The van der Waals surface area contributed by atoms with Gasteiger partial charge in [0.1, 0.15) is 11.9 Å². The molecule has 0 radical (unpaired) electrons. The molecule has 0 bridgehead atoms. The zero-order valence-corrected chi connectivity index (χ0v) is 14.4. The van der Waals surface area contributed by atoms with Crippen LogP contribution in [0.2, 0.25) is 0 Å². The molecule has 2 aromatic rings. The molecule has 7 nitrogen and oxygen atoms in total. The second kappa shape index (κ2) is 8.41. The number of benzene rings is 1. The van der Waals surface area contributed by atoms with Crippen molar-refractivity contribution in [3.8, 4) is 0 Å². The quantitative estimate of drug-likeness (QED) is 0.676. The van der Waals surface area contributed by atoms with Crippen LogP contribution in [0.25, 0.3) is 10.9 Å². The summed E-state index contributed by atoms with van der Waals surface area (Å²) in [4.78, 5) is 42.3. The molecule has 0 aliphatic rings. The number of carboxylic acid groups (broad SMARTS) is 1. The summed E-state index contributed by atoms with van der Waals surface area (Å²) in [5.74, 6) is -0.952. The van der Waals surface area contributed by atoms with E-state index in [1.165, 1.54) is 0 Å². The number of carboxylic acids is 1. The summed E-state index contributed by atoms with van der Waals surface area (Å²) in [5, 5.41) is 12.3. The fourth-order valence-electron chi connectivity index (χ4n) is 2.60. The molecule has 1 amide bonds. The Bertz CT molecular complexity index is 815. The first-order valence-electron chi connectivity index (χ1n) is 8.42. The van der Waals surface area contributed by atoms with Crippen LogP contribution >= 0.6 is 0 Å². The van der Waals surface area contributed by atoms with Crippen molar-refractivity contribution in [2.45, 2.75) is 45.6 Å². The van der Waals surface area contributed by atoms with Crippen LogP contribution in [0.15, 0.2) is 29.1 Å². The number of aromatic nitrogens is 2. The lowest BCUT2D eigenvalue weighted by Gasteiger charge is -2.20. The second-order valence-electron chi connectivity index (χ2n) is 6.15. The zero-order chi connectivity index (χ0) is 18.4. The SMILES string of the molecule is CCC(C)C(NC(=O)CCCc1nc2ccccc2c(=O)[nH]1)C(=O)O. The Hall–Kier alpha value is -2.70. The molecule has 1 aromatic heterocycles. The van der Waals surface area contributed by atoms with Gasteiger partial charge in [0.2, 0.25) is 5.91 Å². The highest BCUT2D eigenvalue weighted by Gasteiger charge is 2.24. The van der Waals surface area contributed by atoms with E-state index < -0.39 is 12.0 Å². The number of H-pyrrole nitrogens is 1. The van der Waals surface area contributed by atoms with Gasteiger partial charge in [-0.05, 0) is 24.5 Å². The molecule has 1 aromatic carbocycles. The summed E-state index contributed by atoms with van der Waals surface area (Å²) in [6.07, 6.45) is 1.75. The lowest BCUT2D eigenvalue weighted by molar-refractivity contribution is -0.143. The average molecular weight is 345 g/mol. The number of hydrogen-bond acceptors (Lipinski definition) is 4. The number of para-hydroxylation sites is 1. The molecular weight excluding hydrogens is 322 g/mol. The molecule has 7 heteroatoms. The van der Waals surface area contributed by atoms with Gasteiger partial charge >= 0.3 is 5.97 Å². The normalized spacial score (nSPS) is 13.4. The van der Waals surface area contributed by atoms with E-state index in [0.29, 0.717) is 36.0 Å². The van der Waals surface area contributed by atoms with Gasteiger partial charge in [-0.1, -0.05) is 32.4 Å². The topological polar surface area (TPSA) is 112 Å². The highest BCUT2D eigenvalue weighted by atomic mass is 16.4. The van der Waals surface area contributed by atoms with Crippen LogP contribution in [-0.4, -0.2) is 33.0 Å². The van der Waals surface area contributed by atoms with Crippen molar-refractivity contribution in [3.05, 3.63) is 40.4 Å². The number of hydrogen-bond donors (Lipinski definition) is 3. The van der Waals surface area contributed by atoms with Gasteiger partial charge in [0.15, 0.2) is 0 Å². The van der Waals surface area contributed by atoms with Gasteiger partial charge in [0, 0.05) is 12.8 Å². The number of carbonyl (C=O) groups excluding carboxylic acids is 1. The monoisotopic (exact) mass is 345 g/mol. The van der Waals surface area contributed by atoms with E-state index in [1.54, 1.807) is 25.1 Å². The fraction of sp³-hybridized carbons (Fsp3) is 0.444. The number of aryl methyl sites for hydroxylation is 1. The highest BCUT2D eigenvalue weighted by molar-refractivity contribution is 5.83. The van der Waals surface area contributed by atoms with Crippen LogP contribution < -0.4 is 10.9 Å². The number of carbonyl (C=O) groups is 2. The van der Waals surface area contributed by atoms with Crippen molar-refractivity contribution in [3.63, 3.8) is 0 Å². The Morgan fingerprint density at radius 2 is 2.04 bits per heavy atom. The Morgan fingerprint density at radius 1 is 1.32 bits per heavy atom. The Balaban J connectivity index is 1.93. The molecule has 134 valence electrons. The van der Waals surface area contributed by atoms with Gasteiger partial charge in [-0.15, -0.1) is 0 Å². The van der Waals surface area contributed by atoms with E-state index in [1.807, 2.05) is 13.0 Å². The fourth-order valence-corrected chi connectivity index (χ4v) is 2.60. The first-order chi connectivity index (χ1) is 11.9. The second-order valence-corrected chi connectivity index (χ2v) is 6.15. The third-order valence-electron chi connectivity index (χ3n) is 4.27. The van der Waals surface area contributed by atoms with E-state index >= 15 is 0 Å². The van der Waals surface area contributed by atoms with Crippen LogP contribution in [0.4, 0.5) is 0 Å². The van der Waals surface area contributed by atoms with Crippen molar-refractivity contribution in [1.29, 1.82) is 0 Å². The van der Waals surface area contributed by atoms with Gasteiger partial charge < -0.3 is 15.4 Å². The molecule has 0 aliphatic carbocycles. The minimum atomic E-state index is -1.02. The minimum Gasteiger partial charge on any atom is -0.480 e. The van der Waals surface area contributed by atoms with Crippen molar-refractivity contribution < 1.29 is 14.7 Å². The maximum Gasteiger partial charge on any atom is 0.326 e. The summed E-state index contributed by atoms with van der Waals surface area (Å²) in [6.45, 7) is 3.68. The van der Waals surface area contributed by atoms with Crippen LogP contribution in [0, 0.1) is 5.92 Å². The zero-order valence-electron chi connectivity index (χ0n) is 14.4. The smallest absolute Gasteiger partial charge is 0.326 e. The van der Waals surface area contributed by atoms with Crippen LogP contribution in [0.5, 0.6) is 0 Å². The number of aromatic amines is 1. The lowest BCUT2D eigenvalue weighted by atomic mass is 9.99. The standard InChI is InChI=1S/C18H23N3O4/c1-3-11(2)16(18(24)25)21-15(22)10-6-9-14-19-13-8-5-4-7-12(13)17(23)20-14/h4-5,7-8,11,16H,3,6,9-10H2,1-2H3,(H,21,22)(H,24,25)(H,19,20,23).